The van der Waals surface area contributed by atoms with Crippen LogP contribution in [0.5, 0.6) is 0 Å². The van der Waals surface area contributed by atoms with Crippen molar-refractivity contribution in [3.05, 3.63) is 77.8 Å². The maximum atomic E-state index is 8.11. The Morgan fingerprint density at radius 2 is 1.59 bits per heavy atom. The Bertz CT molecular complexity index is 677. The van der Waals surface area contributed by atoms with Crippen LogP contribution in [-0.2, 0) is 6.42 Å². The van der Waals surface area contributed by atoms with Gasteiger partial charge in [0.2, 0.25) is 0 Å². The SMILES string of the molecule is [2H]C(=C([2H])C([2H])([2H])C([2H])([2H])Cc1ccccc1)c1ccccc1. The molecule has 0 heterocycles. The first kappa shape index (κ1) is 6.20. The lowest BCUT2D eigenvalue weighted by atomic mass is 10.1. The lowest BCUT2D eigenvalue weighted by Gasteiger charge is -1.98. The summed E-state index contributed by atoms with van der Waals surface area (Å²) in [5.74, 6) is 0. The van der Waals surface area contributed by atoms with Crippen molar-refractivity contribution in [3.8, 4) is 0 Å². The minimum absolute atomic E-state index is 0.161. The van der Waals surface area contributed by atoms with E-state index in [0.717, 1.165) is 0 Å². The van der Waals surface area contributed by atoms with Crippen LogP contribution in [-0.4, -0.2) is 0 Å². The molecule has 0 atom stereocenters. The van der Waals surface area contributed by atoms with E-state index in [1.165, 1.54) is 0 Å². The van der Waals surface area contributed by atoms with Crippen LogP contribution >= 0.6 is 0 Å². The van der Waals surface area contributed by atoms with Crippen LogP contribution in [0.3, 0.4) is 0 Å². The lowest BCUT2D eigenvalue weighted by Crippen LogP contribution is -1.82. The van der Waals surface area contributed by atoms with Crippen LogP contribution in [0, 0.1) is 0 Å². The van der Waals surface area contributed by atoms with Crippen molar-refractivity contribution in [2.75, 3.05) is 0 Å². The first-order valence-electron chi connectivity index (χ1n) is 8.53. The molecule has 0 aliphatic heterocycles. The molecule has 0 saturated carbocycles. The van der Waals surface area contributed by atoms with Gasteiger partial charge in [0.05, 0.1) is 2.74 Å². The van der Waals surface area contributed by atoms with Gasteiger partial charge in [-0.05, 0) is 30.3 Å². The van der Waals surface area contributed by atoms with Gasteiger partial charge in [-0.3, -0.25) is 0 Å². The van der Waals surface area contributed by atoms with Gasteiger partial charge in [-0.1, -0.05) is 72.8 Å². The van der Waals surface area contributed by atoms with Crippen LogP contribution in [0.15, 0.2) is 66.7 Å². The number of allylic oxidation sites excluding steroid dienone is 1. The first-order valence-corrected chi connectivity index (χ1v) is 5.53. The Morgan fingerprint density at radius 3 is 2.29 bits per heavy atom. The zero-order chi connectivity index (χ0) is 17.1. The standard InChI is InChI=1S/C17H18/c1-4-10-16(11-5-1)14-8-3-9-15-17-12-6-2-7-13-17/h1-2,4-8,10-14H,3,9,15H2/i3D2,8D,9D2,14D. The van der Waals surface area contributed by atoms with E-state index >= 15 is 0 Å². The molecule has 0 amide bonds. The second kappa shape index (κ2) is 6.70. The van der Waals surface area contributed by atoms with Crippen LogP contribution < -0.4 is 0 Å². The van der Waals surface area contributed by atoms with Crippen molar-refractivity contribution in [1.29, 1.82) is 0 Å². The molecule has 0 heteroatoms. The molecule has 0 saturated heterocycles. The van der Waals surface area contributed by atoms with E-state index in [4.69, 9.17) is 8.22 Å². The summed E-state index contributed by atoms with van der Waals surface area (Å²) in [5, 5.41) is 0. The number of aryl methyl sites for hydroxylation is 1. The van der Waals surface area contributed by atoms with E-state index in [-0.39, 0.29) is 12.5 Å². The van der Waals surface area contributed by atoms with Gasteiger partial charge < -0.3 is 0 Å². The lowest BCUT2D eigenvalue weighted by molar-refractivity contribution is 0.845. The maximum Gasteiger partial charge on any atom is 0.0626 e. The highest BCUT2D eigenvalue weighted by atomic mass is 14.0. The van der Waals surface area contributed by atoms with Crippen LogP contribution in [0.25, 0.3) is 6.05 Å². The molecule has 17 heavy (non-hydrogen) atoms. The molecule has 0 fully saturated rings. The second-order valence-corrected chi connectivity index (χ2v) is 3.58. The van der Waals surface area contributed by atoms with Gasteiger partial charge in [0.15, 0.2) is 0 Å². The van der Waals surface area contributed by atoms with E-state index in [9.17, 15) is 0 Å². The predicted octanol–water partition coefficient (Wildman–Crippen LogP) is 4.72. The van der Waals surface area contributed by atoms with Gasteiger partial charge >= 0.3 is 0 Å². The zero-order valence-corrected chi connectivity index (χ0v) is 9.48. The fourth-order valence-electron chi connectivity index (χ4n) is 1.41. The van der Waals surface area contributed by atoms with E-state index in [0.29, 0.717) is 11.1 Å². The number of hydrogen-bond acceptors (Lipinski definition) is 0. The van der Waals surface area contributed by atoms with E-state index in [2.05, 4.69) is 0 Å². The van der Waals surface area contributed by atoms with Gasteiger partial charge in [-0.2, -0.15) is 0 Å². The summed E-state index contributed by atoms with van der Waals surface area (Å²) in [5.41, 5.74) is 1.05. The van der Waals surface area contributed by atoms with E-state index < -0.39 is 18.8 Å². The summed E-state index contributed by atoms with van der Waals surface area (Å²) in [6.45, 7) is 0. The molecule has 0 aliphatic rings. The average molecular weight is 228 g/mol. The smallest absolute Gasteiger partial charge is 0.0626 e. The molecule has 86 valence electrons. The third kappa shape index (κ3) is 4.28. The molecular weight excluding hydrogens is 204 g/mol. The third-order valence-corrected chi connectivity index (χ3v) is 2.27. The average Bonchev–Trinajstić information content (AvgIpc) is 2.54. The Labute approximate surface area is 112 Å². The molecule has 2 aromatic rings. The summed E-state index contributed by atoms with van der Waals surface area (Å²) < 4.78 is 48.4. The van der Waals surface area contributed by atoms with Crippen molar-refractivity contribution < 1.29 is 8.22 Å². The molecule has 0 radical (unpaired) electrons. The summed E-state index contributed by atoms with van der Waals surface area (Å²) in [4.78, 5) is 0. The highest BCUT2D eigenvalue weighted by Crippen LogP contribution is 2.07. The quantitative estimate of drug-likeness (QED) is 0.694. The van der Waals surface area contributed by atoms with Gasteiger partial charge in [0.1, 0.15) is 0 Å². The third-order valence-electron chi connectivity index (χ3n) is 2.27. The second-order valence-electron chi connectivity index (χ2n) is 3.58. The van der Waals surface area contributed by atoms with Crippen LogP contribution in [0.4, 0.5) is 0 Å². The highest BCUT2D eigenvalue weighted by molar-refractivity contribution is 5.48. The predicted molar refractivity (Wildman–Crippen MR) is 74.9 cm³/mol. The van der Waals surface area contributed by atoms with Crippen LogP contribution in [0.1, 0.15) is 32.1 Å². The van der Waals surface area contributed by atoms with Crippen molar-refractivity contribution >= 4 is 6.05 Å². The molecule has 0 unspecified atom stereocenters. The molecule has 2 aromatic carbocycles. The van der Waals surface area contributed by atoms with E-state index in [1.807, 2.05) is 0 Å². The Morgan fingerprint density at radius 1 is 0.941 bits per heavy atom. The molecule has 0 nitrogen and oxygen atoms in total. The van der Waals surface area contributed by atoms with Crippen LogP contribution in [0.2, 0.25) is 0 Å². The number of hydrogen-bond donors (Lipinski definition) is 0. The largest absolute Gasteiger partial charge is 0.0839 e. The topological polar surface area (TPSA) is 0 Å². The Balaban J connectivity index is 2.35. The monoisotopic (exact) mass is 228 g/mol. The minimum atomic E-state index is -2.57. The first-order chi connectivity index (χ1) is 10.8. The Kier molecular flexibility index (Phi) is 2.44. The van der Waals surface area contributed by atoms with Gasteiger partial charge in [-0.15, -0.1) is 0 Å². The fourth-order valence-corrected chi connectivity index (χ4v) is 1.41. The minimum Gasteiger partial charge on any atom is -0.0839 e. The van der Waals surface area contributed by atoms with Crippen molar-refractivity contribution in [2.45, 2.75) is 19.2 Å². The normalized spacial score (nSPS) is 18.8. The molecular formula is C17H18. The molecule has 0 aromatic heterocycles. The summed E-state index contributed by atoms with van der Waals surface area (Å²) in [6.07, 6.45) is -5.03. The van der Waals surface area contributed by atoms with Crippen molar-refractivity contribution in [1.82, 2.24) is 0 Å². The number of benzene rings is 2. The number of rotatable bonds is 5. The molecule has 0 spiro atoms. The van der Waals surface area contributed by atoms with Gasteiger partial charge in [-0.25, -0.2) is 0 Å². The summed E-state index contributed by atoms with van der Waals surface area (Å²) >= 11 is 0. The molecule has 2 rings (SSSR count). The van der Waals surface area contributed by atoms with Gasteiger partial charge in [0.25, 0.3) is 0 Å². The zero-order valence-electron chi connectivity index (χ0n) is 15.5. The van der Waals surface area contributed by atoms with Crippen molar-refractivity contribution in [2.24, 2.45) is 0 Å². The summed E-state index contributed by atoms with van der Waals surface area (Å²) in [6, 6.07) is 16.2. The van der Waals surface area contributed by atoms with Crippen molar-refractivity contribution in [3.63, 3.8) is 0 Å². The summed E-state index contributed by atoms with van der Waals surface area (Å²) in [7, 11) is 0. The van der Waals surface area contributed by atoms with E-state index in [1.54, 1.807) is 60.7 Å². The highest BCUT2D eigenvalue weighted by Gasteiger charge is 1.89. The fraction of sp³-hybridized carbons (Fsp3) is 0.176. The Hall–Kier alpha value is -1.82. The van der Waals surface area contributed by atoms with Gasteiger partial charge in [0, 0.05) is 5.48 Å². The maximum absolute atomic E-state index is 8.11. The molecule has 0 N–H and O–H groups in total. The molecule has 0 bridgehead atoms. The molecule has 0 aliphatic carbocycles.